The Kier molecular flexibility index (Phi) is 4.89. The molecule has 0 amide bonds. The number of sulfonamides is 1. The molecule has 132 valence electrons. The number of anilines is 1. The highest BCUT2D eigenvalue weighted by Gasteiger charge is 2.23. The Morgan fingerprint density at radius 1 is 1.12 bits per heavy atom. The molecule has 0 fully saturated rings. The van der Waals surface area contributed by atoms with Gasteiger partial charge in [-0.3, -0.25) is 4.72 Å². The lowest BCUT2D eigenvalue weighted by Crippen LogP contribution is -2.13. The maximum absolute atomic E-state index is 13.1. The summed E-state index contributed by atoms with van der Waals surface area (Å²) in [4.78, 5) is 7.18. The fourth-order valence-corrected chi connectivity index (χ4v) is 6.09. The van der Waals surface area contributed by atoms with Gasteiger partial charge in [-0.05, 0) is 45.0 Å². The van der Waals surface area contributed by atoms with Crippen LogP contribution in [0.5, 0.6) is 0 Å². The van der Waals surface area contributed by atoms with Crippen molar-refractivity contribution < 1.29 is 12.8 Å². The van der Waals surface area contributed by atoms with Gasteiger partial charge in [-0.2, -0.15) is 0 Å². The van der Waals surface area contributed by atoms with Crippen molar-refractivity contribution >= 4 is 50.0 Å². The molecule has 3 rings (SSSR count). The molecule has 9 heteroatoms. The summed E-state index contributed by atoms with van der Waals surface area (Å²) in [5.41, 5.74) is 1.07. The Morgan fingerprint density at radius 2 is 1.84 bits per heavy atom. The largest absolute Gasteiger partial charge is 0.278 e. The number of nitrogens with one attached hydrogen (secondary N) is 1. The first-order valence-corrected chi connectivity index (χ1v) is 10.7. The van der Waals surface area contributed by atoms with E-state index in [1.807, 2.05) is 13.8 Å². The van der Waals surface area contributed by atoms with Crippen LogP contribution in [0.4, 0.5) is 10.1 Å². The lowest BCUT2D eigenvalue weighted by Gasteiger charge is -2.09. The van der Waals surface area contributed by atoms with Gasteiger partial charge in [0.05, 0.1) is 21.3 Å². The third kappa shape index (κ3) is 3.72. The average Bonchev–Trinajstić information content (AvgIpc) is 3.06. The summed E-state index contributed by atoms with van der Waals surface area (Å²) in [5.74, 6) is -0.531. The Hall–Kier alpha value is -1.48. The molecule has 1 N–H and O–H groups in total. The molecule has 0 spiro atoms. The van der Waals surface area contributed by atoms with E-state index in [9.17, 15) is 12.8 Å². The zero-order valence-electron chi connectivity index (χ0n) is 13.6. The van der Waals surface area contributed by atoms with E-state index in [2.05, 4.69) is 9.71 Å². The van der Waals surface area contributed by atoms with E-state index in [4.69, 9.17) is 11.6 Å². The molecule has 2 heterocycles. The molecule has 2 aromatic heterocycles. The average molecular weight is 417 g/mol. The van der Waals surface area contributed by atoms with Crippen LogP contribution in [0.25, 0.3) is 9.88 Å². The predicted octanol–water partition coefficient (Wildman–Crippen LogP) is 5.39. The highest BCUT2D eigenvalue weighted by Crippen LogP contribution is 2.37. The summed E-state index contributed by atoms with van der Waals surface area (Å²) in [7, 11) is -3.84. The Labute approximate surface area is 158 Å². The fourth-order valence-electron chi connectivity index (χ4n) is 2.19. The van der Waals surface area contributed by atoms with Gasteiger partial charge in [0.1, 0.15) is 15.7 Å². The van der Waals surface area contributed by atoms with Gasteiger partial charge >= 0.3 is 0 Å². The first-order chi connectivity index (χ1) is 11.7. The molecule has 0 aliphatic carbocycles. The maximum Gasteiger partial charge on any atom is 0.263 e. The molecule has 4 nitrogen and oxygen atoms in total. The maximum atomic E-state index is 13.1. The second-order valence-electron chi connectivity index (χ2n) is 5.42. The van der Waals surface area contributed by atoms with Crippen LogP contribution in [0.15, 0.2) is 29.2 Å². The van der Waals surface area contributed by atoms with Crippen molar-refractivity contribution in [2.24, 2.45) is 0 Å². The summed E-state index contributed by atoms with van der Waals surface area (Å²) in [6.07, 6.45) is 0. The molecule has 3 aromatic rings. The molecule has 0 aliphatic heterocycles. The Balaban J connectivity index is 1.97. The summed E-state index contributed by atoms with van der Waals surface area (Å²) in [6.45, 7) is 5.64. The number of aromatic nitrogens is 1. The number of rotatable bonds is 4. The van der Waals surface area contributed by atoms with Crippen LogP contribution >= 0.6 is 34.3 Å². The molecule has 1 aromatic carbocycles. The van der Waals surface area contributed by atoms with E-state index in [0.717, 1.165) is 32.6 Å². The third-order valence-corrected chi connectivity index (χ3v) is 7.80. The van der Waals surface area contributed by atoms with Crippen molar-refractivity contribution in [3.63, 3.8) is 0 Å². The first-order valence-electron chi connectivity index (χ1n) is 7.20. The van der Waals surface area contributed by atoms with Crippen LogP contribution in [-0.4, -0.2) is 13.4 Å². The van der Waals surface area contributed by atoms with E-state index in [-0.39, 0.29) is 15.6 Å². The molecule has 0 atom stereocenters. The van der Waals surface area contributed by atoms with Gasteiger partial charge in [0.25, 0.3) is 10.0 Å². The monoisotopic (exact) mass is 416 g/mol. The Morgan fingerprint density at radius 3 is 2.44 bits per heavy atom. The van der Waals surface area contributed by atoms with Crippen LogP contribution in [0.2, 0.25) is 5.02 Å². The smallest absolute Gasteiger partial charge is 0.263 e. The van der Waals surface area contributed by atoms with Gasteiger partial charge in [-0.1, -0.05) is 11.6 Å². The van der Waals surface area contributed by atoms with Crippen LogP contribution in [0.3, 0.4) is 0 Å². The molecule has 0 saturated heterocycles. The van der Waals surface area contributed by atoms with Crippen molar-refractivity contribution in [3.05, 3.63) is 50.6 Å². The highest BCUT2D eigenvalue weighted by molar-refractivity contribution is 7.93. The first kappa shape index (κ1) is 18.3. The summed E-state index contributed by atoms with van der Waals surface area (Å²) >= 11 is 8.81. The summed E-state index contributed by atoms with van der Waals surface area (Å²) in [5, 5.41) is 0.798. The molecule has 0 aliphatic rings. The predicted molar refractivity (Wildman–Crippen MR) is 102 cm³/mol. The summed E-state index contributed by atoms with van der Waals surface area (Å²) in [6, 6.07) is 5.12. The molecular weight excluding hydrogens is 403 g/mol. The van der Waals surface area contributed by atoms with E-state index >= 15 is 0 Å². The van der Waals surface area contributed by atoms with Crippen LogP contribution < -0.4 is 4.72 Å². The van der Waals surface area contributed by atoms with Crippen molar-refractivity contribution in [2.75, 3.05) is 4.72 Å². The number of aryl methyl sites for hydroxylation is 3. The standard InChI is InChI=1S/C16H14ClFN2O2S3/c1-8-9(2)24-16(19-8)14-7-15(10(3)23-14)25(21,22)20-13-5-4-11(18)6-12(13)17/h4-7,20H,1-3H3. The lowest BCUT2D eigenvalue weighted by molar-refractivity contribution is 0.601. The fraction of sp³-hybridized carbons (Fsp3) is 0.188. The zero-order valence-corrected chi connectivity index (χ0v) is 16.8. The normalized spacial score (nSPS) is 11.7. The topological polar surface area (TPSA) is 59.1 Å². The van der Waals surface area contributed by atoms with Gasteiger partial charge in [0.2, 0.25) is 0 Å². The van der Waals surface area contributed by atoms with Gasteiger partial charge in [0, 0.05) is 9.75 Å². The molecule has 0 saturated carbocycles. The highest BCUT2D eigenvalue weighted by atomic mass is 35.5. The van der Waals surface area contributed by atoms with Crippen LogP contribution in [0.1, 0.15) is 15.4 Å². The molecular formula is C16H14ClFN2O2S3. The number of hydrogen-bond acceptors (Lipinski definition) is 5. The molecule has 0 bridgehead atoms. The van der Waals surface area contributed by atoms with Crippen LogP contribution in [-0.2, 0) is 10.0 Å². The minimum absolute atomic E-state index is 0.00264. The van der Waals surface area contributed by atoms with Crippen molar-refractivity contribution in [1.29, 1.82) is 0 Å². The molecule has 0 unspecified atom stereocenters. The van der Waals surface area contributed by atoms with E-state index < -0.39 is 15.8 Å². The van der Waals surface area contributed by atoms with Crippen molar-refractivity contribution in [2.45, 2.75) is 25.7 Å². The van der Waals surface area contributed by atoms with E-state index in [1.165, 1.54) is 28.7 Å². The number of hydrogen-bond donors (Lipinski definition) is 1. The number of thiophene rings is 1. The summed E-state index contributed by atoms with van der Waals surface area (Å²) < 4.78 is 40.9. The van der Waals surface area contributed by atoms with Gasteiger partial charge in [0.15, 0.2) is 0 Å². The number of halogens is 2. The minimum Gasteiger partial charge on any atom is -0.278 e. The van der Waals surface area contributed by atoms with Crippen LogP contribution in [0, 0.1) is 26.6 Å². The second kappa shape index (κ2) is 6.68. The molecule has 0 radical (unpaired) electrons. The van der Waals surface area contributed by atoms with Crippen molar-refractivity contribution in [3.8, 4) is 9.88 Å². The van der Waals surface area contributed by atoms with Gasteiger partial charge < -0.3 is 0 Å². The number of nitrogens with zero attached hydrogens (tertiary/aromatic N) is 1. The minimum atomic E-state index is -3.84. The van der Waals surface area contributed by atoms with E-state index in [1.54, 1.807) is 13.0 Å². The number of benzene rings is 1. The SMILES string of the molecule is Cc1nc(-c2cc(S(=O)(=O)Nc3ccc(F)cc3Cl)c(C)s2)sc1C. The van der Waals surface area contributed by atoms with Gasteiger partial charge in [-0.15, -0.1) is 22.7 Å². The van der Waals surface area contributed by atoms with E-state index in [0.29, 0.717) is 4.88 Å². The quantitative estimate of drug-likeness (QED) is 0.620. The zero-order chi connectivity index (χ0) is 18.4. The number of thiazole rings is 1. The van der Waals surface area contributed by atoms with Gasteiger partial charge in [-0.25, -0.2) is 17.8 Å². The van der Waals surface area contributed by atoms with Crippen molar-refractivity contribution in [1.82, 2.24) is 4.98 Å². The molecule has 25 heavy (non-hydrogen) atoms. The third-order valence-electron chi connectivity index (χ3n) is 3.58. The second-order valence-corrected chi connectivity index (χ2v) is 9.94. The Bertz CT molecular complexity index is 1040. The lowest BCUT2D eigenvalue weighted by atomic mass is 10.3.